The van der Waals surface area contributed by atoms with Gasteiger partial charge < -0.3 is 0 Å². The summed E-state index contributed by atoms with van der Waals surface area (Å²) in [7, 11) is 0. The van der Waals surface area contributed by atoms with Crippen LogP contribution in [0.2, 0.25) is 0 Å². The predicted molar refractivity (Wildman–Crippen MR) is 205 cm³/mol. The molecule has 3 heteroatoms. The standard InChI is InChI=1S/C46H33N3/c1-2-44-48-42-22-7-8-23-43(42)49(44)36-16-12-14-34(30-36)33-13-11-15-35(29-33)46-39-19-5-3-17-37(39)45(38-18-4-6-20-40(38)46)32-26-24-31(25-27-32)41-21-9-10-28-47-41/h3-30H,2H2,1H3/i1D3,2D2. The number of aromatic nitrogens is 3. The lowest BCUT2D eigenvalue weighted by molar-refractivity contribution is 0.908. The number of aryl methyl sites for hydroxylation is 1. The van der Waals surface area contributed by atoms with E-state index in [9.17, 15) is 0 Å². The van der Waals surface area contributed by atoms with Gasteiger partial charge in [0.15, 0.2) is 0 Å². The molecule has 0 radical (unpaired) electrons. The lowest BCUT2D eigenvalue weighted by Gasteiger charge is -2.18. The Morgan fingerprint density at radius 1 is 0.531 bits per heavy atom. The largest absolute Gasteiger partial charge is 0.296 e. The molecule has 0 saturated carbocycles. The number of rotatable bonds is 6. The highest BCUT2D eigenvalue weighted by Gasteiger charge is 2.17. The van der Waals surface area contributed by atoms with Gasteiger partial charge in [0.05, 0.1) is 16.7 Å². The zero-order chi connectivity index (χ0) is 37.0. The van der Waals surface area contributed by atoms with Crippen molar-refractivity contribution in [3.8, 4) is 50.3 Å². The zero-order valence-corrected chi connectivity index (χ0v) is 26.5. The Kier molecular flexibility index (Phi) is 5.88. The first-order valence-corrected chi connectivity index (χ1v) is 16.3. The summed E-state index contributed by atoms with van der Waals surface area (Å²) in [5.41, 5.74) is 10.2. The molecule has 0 spiro atoms. The molecular weight excluding hydrogens is 595 g/mol. The molecule has 0 N–H and O–H groups in total. The number of benzene rings is 7. The van der Waals surface area contributed by atoms with Crippen LogP contribution in [-0.2, 0) is 6.37 Å². The third kappa shape index (κ3) is 4.99. The Morgan fingerprint density at radius 2 is 1.12 bits per heavy atom. The van der Waals surface area contributed by atoms with E-state index in [4.69, 9.17) is 6.85 Å². The minimum absolute atomic E-state index is 0.154. The maximum absolute atomic E-state index is 8.65. The summed E-state index contributed by atoms with van der Waals surface area (Å²) in [5, 5.41) is 4.61. The average molecular weight is 633 g/mol. The van der Waals surface area contributed by atoms with Crippen molar-refractivity contribution in [1.82, 2.24) is 14.5 Å². The van der Waals surface area contributed by atoms with Gasteiger partial charge in [0.1, 0.15) is 5.82 Å². The van der Waals surface area contributed by atoms with Crippen molar-refractivity contribution in [2.75, 3.05) is 0 Å². The van der Waals surface area contributed by atoms with Crippen LogP contribution in [0, 0.1) is 0 Å². The van der Waals surface area contributed by atoms with Gasteiger partial charge in [0, 0.05) is 30.7 Å². The van der Waals surface area contributed by atoms with Crippen molar-refractivity contribution in [2.45, 2.75) is 13.2 Å². The highest BCUT2D eigenvalue weighted by molar-refractivity contribution is 6.21. The van der Waals surface area contributed by atoms with Gasteiger partial charge in [0.2, 0.25) is 0 Å². The Bertz CT molecular complexity index is 2780. The first-order chi connectivity index (χ1) is 26.2. The molecule has 0 fully saturated rings. The average Bonchev–Trinajstić information content (AvgIpc) is 3.61. The predicted octanol–water partition coefficient (Wildman–Crippen LogP) is 12.0. The lowest BCUT2D eigenvalue weighted by Crippen LogP contribution is -2.00. The van der Waals surface area contributed by atoms with Crippen molar-refractivity contribution in [1.29, 1.82) is 0 Å². The number of hydrogen-bond donors (Lipinski definition) is 0. The fourth-order valence-corrected chi connectivity index (χ4v) is 7.14. The van der Waals surface area contributed by atoms with Crippen molar-refractivity contribution >= 4 is 32.6 Å². The fourth-order valence-electron chi connectivity index (χ4n) is 7.14. The highest BCUT2D eigenvalue weighted by atomic mass is 15.1. The van der Waals surface area contributed by atoms with Crippen LogP contribution in [0.4, 0.5) is 0 Å². The first kappa shape index (κ1) is 23.9. The summed E-state index contributed by atoms with van der Waals surface area (Å²) < 4.78 is 43.0. The van der Waals surface area contributed by atoms with Gasteiger partial charge >= 0.3 is 0 Å². The van der Waals surface area contributed by atoms with Gasteiger partial charge in [-0.2, -0.15) is 0 Å². The zero-order valence-electron chi connectivity index (χ0n) is 31.5. The minimum atomic E-state index is -2.91. The van der Waals surface area contributed by atoms with E-state index < -0.39 is 13.2 Å². The third-order valence-corrected chi connectivity index (χ3v) is 9.33. The molecule has 9 aromatic rings. The Balaban J connectivity index is 1.19. The molecule has 0 aliphatic rings. The number of hydrogen-bond acceptors (Lipinski definition) is 2. The van der Waals surface area contributed by atoms with E-state index >= 15 is 0 Å². The molecule has 0 amide bonds. The lowest BCUT2D eigenvalue weighted by atomic mass is 9.85. The molecule has 232 valence electrons. The summed E-state index contributed by atoms with van der Waals surface area (Å²) in [6, 6.07) is 55.3. The number of imidazole rings is 1. The number of nitrogens with zero attached hydrogens (tertiary/aromatic N) is 3. The second-order valence-corrected chi connectivity index (χ2v) is 12.1. The Hall–Kier alpha value is -6.32. The summed E-state index contributed by atoms with van der Waals surface area (Å²) in [5.74, 6) is -0.154. The molecule has 3 nitrogen and oxygen atoms in total. The van der Waals surface area contributed by atoms with E-state index in [2.05, 4.69) is 107 Å². The van der Waals surface area contributed by atoms with Crippen LogP contribution in [0.5, 0.6) is 0 Å². The highest BCUT2D eigenvalue weighted by Crippen LogP contribution is 2.44. The molecule has 0 aliphatic heterocycles. The van der Waals surface area contributed by atoms with Crippen LogP contribution in [-0.4, -0.2) is 14.5 Å². The molecule has 0 atom stereocenters. The molecule has 2 aromatic heterocycles. The molecule has 49 heavy (non-hydrogen) atoms. The van der Waals surface area contributed by atoms with E-state index in [0.29, 0.717) is 16.7 Å². The van der Waals surface area contributed by atoms with Crippen molar-refractivity contribution in [3.63, 3.8) is 0 Å². The second kappa shape index (κ2) is 12.0. The first-order valence-electron chi connectivity index (χ1n) is 18.8. The molecule has 0 aliphatic carbocycles. The summed E-state index contributed by atoms with van der Waals surface area (Å²) in [4.78, 5) is 9.05. The second-order valence-electron chi connectivity index (χ2n) is 12.1. The van der Waals surface area contributed by atoms with Crippen LogP contribution in [0.1, 0.15) is 19.5 Å². The van der Waals surface area contributed by atoms with Crippen molar-refractivity contribution < 1.29 is 6.85 Å². The molecule has 0 unspecified atom stereocenters. The van der Waals surface area contributed by atoms with E-state index in [0.717, 1.165) is 60.6 Å². The maximum Gasteiger partial charge on any atom is 0.114 e. The van der Waals surface area contributed by atoms with Crippen LogP contribution < -0.4 is 0 Å². The van der Waals surface area contributed by atoms with Crippen molar-refractivity contribution in [3.05, 3.63) is 176 Å². The smallest absolute Gasteiger partial charge is 0.114 e. The Morgan fingerprint density at radius 3 is 1.82 bits per heavy atom. The van der Waals surface area contributed by atoms with E-state index in [-0.39, 0.29) is 5.82 Å². The molecule has 2 heterocycles. The van der Waals surface area contributed by atoms with Gasteiger partial charge in [0.25, 0.3) is 0 Å². The van der Waals surface area contributed by atoms with Crippen molar-refractivity contribution in [2.24, 2.45) is 0 Å². The maximum atomic E-state index is 8.65. The van der Waals surface area contributed by atoms with Gasteiger partial charge in [-0.3, -0.25) is 9.55 Å². The van der Waals surface area contributed by atoms with Gasteiger partial charge in [-0.25, -0.2) is 4.98 Å². The number of pyridine rings is 1. The van der Waals surface area contributed by atoms with Gasteiger partial charge in [-0.05, 0) is 97.4 Å². The minimum Gasteiger partial charge on any atom is -0.296 e. The summed E-state index contributed by atoms with van der Waals surface area (Å²) >= 11 is 0. The number of para-hydroxylation sites is 2. The third-order valence-electron chi connectivity index (χ3n) is 9.33. The van der Waals surface area contributed by atoms with Crippen LogP contribution in [0.15, 0.2) is 170 Å². The summed E-state index contributed by atoms with van der Waals surface area (Å²) in [6.45, 7) is -2.91. The number of fused-ring (bicyclic) bond motifs is 3. The normalized spacial score (nSPS) is 13.5. The van der Waals surface area contributed by atoms with Crippen LogP contribution in [0.3, 0.4) is 0 Å². The van der Waals surface area contributed by atoms with Gasteiger partial charge in [-0.1, -0.05) is 128 Å². The topological polar surface area (TPSA) is 30.7 Å². The molecule has 9 rings (SSSR count). The van der Waals surface area contributed by atoms with E-state index in [1.807, 2.05) is 66.9 Å². The van der Waals surface area contributed by atoms with E-state index in [1.165, 1.54) is 5.56 Å². The van der Waals surface area contributed by atoms with Crippen LogP contribution in [0.25, 0.3) is 82.9 Å². The quantitative estimate of drug-likeness (QED) is 0.171. The van der Waals surface area contributed by atoms with Gasteiger partial charge in [-0.15, -0.1) is 0 Å². The molecule has 0 saturated heterocycles. The molecule has 7 aromatic carbocycles. The monoisotopic (exact) mass is 632 g/mol. The van der Waals surface area contributed by atoms with E-state index in [1.54, 1.807) is 10.6 Å². The SMILES string of the molecule is [2H]C([2H])([2H])C([2H])([2H])c1nc2ccccc2n1-c1cccc(-c2cccc(-c3c4ccccc4c(-c4ccc(-c5ccccn5)cc4)c4ccccc34)c2)c1. The Labute approximate surface area is 292 Å². The summed E-state index contributed by atoms with van der Waals surface area (Å²) in [6.07, 6.45) is -0.867. The fraction of sp³-hybridized carbons (Fsp3) is 0.0435. The molecule has 0 bridgehead atoms. The van der Waals surface area contributed by atoms with Crippen LogP contribution >= 0.6 is 0 Å². The molecular formula is C46H33N3.